The molecular weight excluding hydrogens is 404 g/mol. The third-order valence-electron chi connectivity index (χ3n) is 4.39. The second-order valence-electron chi connectivity index (χ2n) is 6.62. The molecule has 3 aromatic rings. The molecule has 1 aromatic heterocycles. The van der Waals surface area contributed by atoms with Gasteiger partial charge in [-0.15, -0.1) is 0 Å². The van der Waals surface area contributed by atoms with Crippen LogP contribution in [0.15, 0.2) is 42.5 Å². The zero-order valence-electron chi connectivity index (χ0n) is 16.1. The number of esters is 1. The molecule has 30 heavy (non-hydrogen) atoms. The number of halogens is 4. The van der Waals surface area contributed by atoms with E-state index in [2.05, 4.69) is 5.10 Å². The Labute approximate surface area is 169 Å². The van der Waals surface area contributed by atoms with Crippen LogP contribution in [0.5, 0.6) is 5.75 Å². The number of aromatic hydroxyl groups is 1. The van der Waals surface area contributed by atoms with E-state index in [1.165, 1.54) is 16.8 Å². The summed E-state index contributed by atoms with van der Waals surface area (Å²) in [5.74, 6) is -1.90. The average Bonchev–Trinajstić information content (AvgIpc) is 3.00. The first-order valence-corrected chi connectivity index (χ1v) is 8.98. The molecule has 0 atom stereocenters. The molecule has 158 valence electrons. The van der Waals surface area contributed by atoms with Crippen LogP contribution in [0.25, 0.3) is 11.3 Å². The van der Waals surface area contributed by atoms with Crippen LogP contribution in [0, 0.1) is 5.82 Å². The summed E-state index contributed by atoms with van der Waals surface area (Å²) >= 11 is 0. The van der Waals surface area contributed by atoms with E-state index in [9.17, 15) is 27.5 Å². The van der Waals surface area contributed by atoms with Gasteiger partial charge in [-0.05, 0) is 48.9 Å². The molecule has 0 spiro atoms. The standard InChI is InChI=1S/C21H18F4N2O3/c1-3-30-20(29)17-5-4-13(9-19(17)28)18-11-16(26-27(18)2)8-12-6-14(21(23,24)25)10-15(22)7-12/h4-7,9-11,28H,3,8H2,1-2H3. The van der Waals surface area contributed by atoms with Gasteiger partial charge in [-0.3, -0.25) is 4.68 Å². The van der Waals surface area contributed by atoms with Crippen molar-refractivity contribution in [2.24, 2.45) is 7.05 Å². The number of alkyl halides is 3. The van der Waals surface area contributed by atoms with Crippen LogP contribution in [0.1, 0.15) is 34.1 Å². The number of benzene rings is 2. The lowest BCUT2D eigenvalue weighted by Crippen LogP contribution is -2.06. The highest BCUT2D eigenvalue weighted by Gasteiger charge is 2.31. The maximum Gasteiger partial charge on any atom is 0.416 e. The summed E-state index contributed by atoms with van der Waals surface area (Å²) in [7, 11) is 1.63. The molecule has 0 amide bonds. The summed E-state index contributed by atoms with van der Waals surface area (Å²) in [5.41, 5.74) is 0.600. The van der Waals surface area contributed by atoms with Gasteiger partial charge in [-0.25, -0.2) is 9.18 Å². The molecule has 3 rings (SSSR count). The van der Waals surface area contributed by atoms with Gasteiger partial charge in [0.25, 0.3) is 0 Å². The molecule has 9 heteroatoms. The normalized spacial score (nSPS) is 11.5. The van der Waals surface area contributed by atoms with Crippen LogP contribution >= 0.6 is 0 Å². The monoisotopic (exact) mass is 422 g/mol. The molecule has 0 aliphatic rings. The van der Waals surface area contributed by atoms with E-state index in [1.54, 1.807) is 26.1 Å². The highest BCUT2D eigenvalue weighted by atomic mass is 19.4. The van der Waals surface area contributed by atoms with Gasteiger partial charge < -0.3 is 9.84 Å². The third kappa shape index (κ3) is 4.61. The van der Waals surface area contributed by atoms with E-state index in [4.69, 9.17) is 4.74 Å². The lowest BCUT2D eigenvalue weighted by Gasteiger charge is -2.08. The van der Waals surface area contributed by atoms with Crippen molar-refractivity contribution in [1.82, 2.24) is 9.78 Å². The number of carbonyl (C=O) groups excluding carboxylic acids is 1. The summed E-state index contributed by atoms with van der Waals surface area (Å²) in [6.45, 7) is 1.82. The maximum absolute atomic E-state index is 13.6. The van der Waals surface area contributed by atoms with E-state index in [0.717, 1.165) is 12.1 Å². The number of phenols is 1. The largest absolute Gasteiger partial charge is 0.507 e. The minimum atomic E-state index is -4.65. The molecular formula is C21H18F4N2O3. The molecule has 0 unspecified atom stereocenters. The van der Waals surface area contributed by atoms with Gasteiger partial charge in [0, 0.05) is 19.0 Å². The second kappa shape index (κ2) is 8.17. The Morgan fingerprint density at radius 1 is 1.17 bits per heavy atom. The number of rotatable bonds is 5. The van der Waals surface area contributed by atoms with Crippen molar-refractivity contribution in [2.45, 2.75) is 19.5 Å². The Balaban J connectivity index is 1.89. The number of aryl methyl sites for hydroxylation is 1. The Morgan fingerprint density at radius 2 is 1.90 bits per heavy atom. The maximum atomic E-state index is 13.6. The molecule has 5 nitrogen and oxygen atoms in total. The van der Waals surface area contributed by atoms with Crippen molar-refractivity contribution in [3.8, 4) is 17.0 Å². The smallest absolute Gasteiger partial charge is 0.416 e. The first-order valence-electron chi connectivity index (χ1n) is 8.98. The molecule has 0 radical (unpaired) electrons. The molecule has 0 bridgehead atoms. The second-order valence-corrected chi connectivity index (χ2v) is 6.62. The summed E-state index contributed by atoms with van der Waals surface area (Å²) in [5, 5.41) is 14.4. The van der Waals surface area contributed by atoms with E-state index >= 15 is 0 Å². The van der Waals surface area contributed by atoms with Crippen LogP contribution in [0.2, 0.25) is 0 Å². The topological polar surface area (TPSA) is 64.3 Å². The van der Waals surface area contributed by atoms with E-state index in [-0.39, 0.29) is 29.9 Å². The highest BCUT2D eigenvalue weighted by molar-refractivity contribution is 5.93. The first kappa shape index (κ1) is 21.4. The van der Waals surface area contributed by atoms with E-state index in [0.29, 0.717) is 23.0 Å². The van der Waals surface area contributed by atoms with Crippen LogP contribution < -0.4 is 0 Å². The van der Waals surface area contributed by atoms with Crippen molar-refractivity contribution in [2.75, 3.05) is 6.61 Å². The van der Waals surface area contributed by atoms with Gasteiger partial charge in [0.2, 0.25) is 0 Å². The third-order valence-corrected chi connectivity index (χ3v) is 4.39. The number of aromatic nitrogens is 2. The number of hydrogen-bond donors (Lipinski definition) is 1. The van der Waals surface area contributed by atoms with Gasteiger partial charge >= 0.3 is 12.1 Å². The quantitative estimate of drug-likeness (QED) is 0.478. The molecule has 1 N–H and O–H groups in total. The van der Waals surface area contributed by atoms with Crippen molar-refractivity contribution < 1.29 is 32.2 Å². The number of phenolic OH excluding ortho intramolecular Hbond substituents is 1. The number of nitrogens with zero attached hydrogens (tertiary/aromatic N) is 2. The summed E-state index contributed by atoms with van der Waals surface area (Å²) in [6.07, 6.45) is -4.66. The minimum absolute atomic E-state index is 0.0123. The average molecular weight is 422 g/mol. The zero-order chi connectivity index (χ0) is 22.1. The zero-order valence-corrected chi connectivity index (χ0v) is 16.1. The van der Waals surface area contributed by atoms with E-state index < -0.39 is 23.5 Å². The minimum Gasteiger partial charge on any atom is -0.507 e. The van der Waals surface area contributed by atoms with Crippen molar-refractivity contribution in [1.29, 1.82) is 0 Å². The lowest BCUT2D eigenvalue weighted by atomic mass is 10.0. The highest BCUT2D eigenvalue weighted by Crippen LogP contribution is 2.32. The molecule has 0 fully saturated rings. The lowest BCUT2D eigenvalue weighted by molar-refractivity contribution is -0.137. The van der Waals surface area contributed by atoms with Crippen LogP contribution in [-0.2, 0) is 24.4 Å². The predicted octanol–water partition coefficient (Wildman–Crippen LogP) is 4.72. The van der Waals surface area contributed by atoms with Gasteiger partial charge in [-0.2, -0.15) is 18.3 Å². The Kier molecular flexibility index (Phi) is 5.82. The number of hydrogen-bond acceptors (Lipinski definition) is 4. The van der Waals surface area contributed by atoms with Crippen LogP contribution in [0.4, 0.5) is 17.6 Å². The van der Waals surface area contributed by atoms with Gasteiger partial charge in [0.15, 0.2) is 0 Å². The molecule has 0 aliphatic heterocycles. The van der Waals surface area contributed by atoms with Gasteiger partial charge in [0.1, 0.15) is 17.1 Å². The van der Waals surface area contributed by atoms with Crippen molar-refractivity contribution >= 4 is 5.97 Å². The summed E-state index contributed by atoms with van der Waals surface area (Å²) in [6, 6.07) is 8.37. The SMILES string of the molecule is CCOC(=O)c1ccc(-c2cc(Cc3cc(F)cc(C(F)(F)F)c3)nn2C)cc1O. The summed E-state index contributed by atoms with van der Waals surface area (Å²) in [4.78, 5) is 11.8. The fraction of sp³-hybridized carbons (Fsp3) is 0.238. The Morgan fingerprint density at radius 3 is 2.53 bits per heavy atom. The van der Waals surface area contributed by atoms with Crippen LogP contribution in [0.3, 0.4) is 0 Å². The molecule has 0 aliphatic carbocycles. The molecule has 1 heterocycles. The first-order chi connectivity index (χ1) is 14.1. The van der Waals surface area contributed by atoms with Gasteiger partial charge in [0.05, 0.1) is 23.6 Å². The Bertz CT molecular complexity index is 1090. The Hall–Kier alpha value is -3.36. The van der Waals surface area contributed by atoms with Gasteiger partial charge in [-0.1, -0.05) is 6.07 Å². The van der Waals surface area contributed by atoms with Crippen molar-refractivity contribution in [3.05, 3.63) is 70.7 Å². The van der Waals surface area contributed by atoms with Crippen LogP contribution in [-0.4, -0.2) is 27.5 Å². The number of carbonyl (C=O) groups is 1. The predicted molar refractivity (Wildman–Crippen MR) is 100 cm³/mol. The molecule has 0 saturated carbocycles. The van der Waals surface area contributed by atoms with Crippen molar-refractivity contribution in [3.63, 3.8) is 0 Å². The molecule has 0 saturated heterocycles. The fourth-order valence-corrected chi connectivity index (χ4v) is 3.08. The molecule has 2 aromatic carbocycles. The van der Waals surface area contributed by atoms with E-state index in [1.807, 2.05) is 0 Å². The fourth-order valence-electron chi connectivity index (χ4n) is 3.08. The number of ether oxygens (including phenoxy) is 1. The summed E-state index contributed by atoms with van der Waals surface area (Å²) < 4.78 is 58.7.